The van der Waals surface area contributed by atoms with E-state index in [4.69, 9.17) is 9.84 Å². The summed E-state index contributed by atoms with van der Waals surface area (Å²) >= 11 is 1.54. The fourth-order valence-electron chi connectivity index (χ4n) is 4.34. The van der Waals surface area contributed by atoms with Gasteiger partial charge in [-0.25, -0.2) is 4.90 Å². The number of ether oxygens (including phenoxy) is 1. The maximum atomic E-state index is 13.4. The van der Waals surface area contributed by atoms with Gasteiger partial charge in [-0.15, -0.1) is 0 Å². The van der Waals surface area contributed by atoms with Gasteiger partial charge in [-0.05, 0) is 42.3 Å². The van der Waals surface area contributed by atoms with E-state index in [-0.39, 0.29) is 11.5 Å². The molecule has 0 radical (unpaired) electrons. The van der Waals surface area contributed by atoms with E-state index in [1.807, 2.05) is 55.5 Å². The number of hydrogen-bond acceptors (Lipinski definition) is 5. The third-order valence-electron chi connectivity index (χ3n) is 5.83. The molecule has 7 nitrogen and oxygen atoms in total. The summed E-state index contributed by atoms with van der Waals surface area (Å²) in [5.41, 5.74) is 2.34. The average Bonchev–Trinajstić information content (AvgIpc) is 2.83. The van der Waals surface area contributed by atoms with Crippen molar-refractivity contribution in [2.75, 3.05) is 17.3 Å². The normalized spacial score (nSPS) is 14.4. The van der Waals surface area contributed by atoms with E-state index < -0.39 is 6.17 Å². The lowest BCUT2D eigenvalue weighted by molar-refractivity contribution is -0.763. The van der Waals surface area contributed by atoms with Crippen LogP contribution in [0.1, 0.15) is 58.2 Å². The highest BCUT2D eigenvalue weighted by Crippen LogP contribution is 2.39. The van der Waals surface area contributed by atoms with Gasteiger partial charge < -0.3 is 4.74 Å². The molecule has 1 amide bonds. The van der Waals surface area contributed by atoms with Crippen LogP contribution in [0.25, 0.3) is 11.3 Å². The largest absolute Gasteiger partial charge is 0.493 e. The lowest BCUT2D eigenvalue weighted by Gasteiger charge is -2.31. The van der Waals surface area contributed by atoms with E-state index >= 15 is 0 Å². The van der Waals surface area contributed by atoms with E-state index in [1.165, 1.54) is 31.5 Å². The first kappa shape index (κ1) is 24.0. The Morgan fingerprint density at radius 3 is 2.65 bits per heavy atom. The number of benzene rings is 2. The van der Waals surface area contributed by atoms with Crippen LogP contribution in [0, 0.1) is 0 Å². The highest BCUT2D eigenvalue weighted by molar-refractivity contribution is 7.99. The highest BCUT2D eigenvalue weighted by Gasteiger charge is 2.46. The number of aromatic nitrogens is 3. The molecule has 0 saturated heterocycles. The number of carbonyl (C=O) groups is 1. The molecule has 4 rings (SSSR count). The summed E-state index contributed by atoms with van der Waals surface area (Å²) in [5.74, 6) is 1.39. The Morgan fingerprint density at radius 2 is 1.88 bits per heavy atom. The Kier molecular flexibility index (Phi) is 7.67. The van der Waals surface area contributed by atoms with Crippen molar-refractivity contribution in [1.82, 2.24) is 10.1 Å². The van der Waals surface area contributed by atoms with Gasteiger partial charge in [0.1, 0.15) is 5.75 Å². The first-order valence-electron chi connectivity index (χ1n) is 11.9. The van der Waals surface area contributed by atoms with Crippen LogP contribution < -0.4 is 19.9 Å². The Balaban J connectivity index is 1.88. The Labute approximate surface area is 204 Å². The first-order valence-corrected chi connectivity index (χ1v) is 12.8. The van der Waals surface area contributed by atoms with Crippen molar-refractivity contribution in [3.63, 3.8) is 0 Å². The van der Waals surface area contributed by atoms with Gasteiger partial charge in [0.25, 0.3) is 6.17 Å². The molecule has 1 aliphatic rings. The van der Waals surface area contributed by atoms with E-state index in [9.17, 15) is 9.59 Å². The van der Waals surface area contributed by atoms with Gasteiger partial charge in [-0.2, -0.15) is 0 Å². The van der Waals surface area contributed by atoms with Gasteiger partial charge in [0.2, 0.25) is 11.1 Å². The number of aromatic amines is 1. The monoisotopic (exact) mass is 479 g/mol. The van der Waals surface area contributed by atoms with Crippen molar-refractivity contribution in [2.45, 2.75) is 57.8 Å². The number of unbranched alkanes of at least 4 members (excludes halogenated alkanes) is 3. The molecular weight excluding hydrogens is 448 g/mol. The quantitative estimate of drug-likeness (QED) is 0.273. The molecule has 3 aromatic rings. The van der Waals surface area contributed by atoms with Crippen LogP contribution in [0.15, 0.2) is 58.5 Å². The number of para-hydroxylation sites is 2. The van der Waals surface area contributed by atoms with E-state index in [1.54, 1.807) is 9.58 Å². The number of nitrogens with zero attached hydrogens (tertiary/aromatic N) is 3. The molecule has 1 aromatic heterocycles. The maximum Gasteiger partial charge on any atom is 0.325 e. The van der Waals surface area contributed by atoms with Gasteiger partial charge in [-0.1, -0.05) is 62.2 Å². The van der Waals surface area contributed by atoms with Crippen LogP contribution in [0.3, 0.4) is 0 Å². The Hall–Kier alpha value is -3.13. The minimum atomic E-state index is -0.646. The average molecular weight is 480 g/mol. The van der Waals surface area contributed by atoms with Crippen molar-refractivity contribution < 1.29 is 14.2 Å². The maximum absolute atomic E-state index is 13.4. The number of nitrogens with one attached hydrogen (secondary N) is 1. The zero-order valence-electron chi connectivity index (χ0n) is 19.9. The summed E-state index contributed by atoms with van der Waals surface area (Å²) in [7, 11) is 0. The van der Waals surface area contributed by atoms with E-state index in [0.29, 0.717) is 34.5 Å². The molecule has 0 aliphatic carbocycles. The molecule has 2 aromatic carbocycles. The molecule has 1 aliphatic heterocycles. The summed E-state index contributed by atoms with van der Waals surface area (Å²) < 4.78 is 7.60. The van der Waals surface area contributed by atoms with Crippen LogP contribution >= 0.6 is 11.8 Å². The number of carbonyl (C=O) groups excluding carboxylic acids is 1. The van der Waals surface area contributed by atoms with Gasteiger partial charge in [0, 0.05) is 17.8 Å². The van der Waals surface area contributed by atoms with Crippen molar-refractivity contribution >= 4 is 23.4 Å². The third-order valence-corrected chi connectivity index (χ3v) is 6.78. The number of rotatable bonds is 9. The number of anilines is 1. The molecule has 0 bridgehead atoms. The predicted octanol–water partition coefficient (Wildman–Crippen LogP) is 4.71. The molecule has 0 fully saturated rings. The third kappa shape index (κ3) is 4.73. The van der Waals surface area contributed by atoms with Gasteiger partial charge >= 0.3 is 11.3 Å². The number of H-pyrrole nitrogens is 1. The number of amides is 1. The number of hydrogen-bond donors (Lipinski definition) is 1. The van der Waals surface area contributed by atoms with Crippen molar-refractivity contribution in [3.05, 3.63) is 64.4 Å². The lowest BCUT2D eigenvalue weighted by Crippen LogP contribution is -2.60. The van der Waals surface area contributed by atoms with E-state index in [2.05, 4.69) is 11.9 Å². The van der Waals surface area contributed by atoms with Crippen molar-refractivity contribution in [2.24, 2.45) is 0 Å². The zero-order valence-corrected chi connectivity index (χ0v) is 20.7. The molecule has 0 spiro atoms. The van der Waals surface area contributed by atoms with Gasteiger partial charge in [-0.3, -0.25) is 14.6 Å². The summed E-state index contributed by atoms with van der Waals surface area (Å²) in [6.07, 6.45) is 3.94. The highest BCUT2D eigenvalue weighted by atomic mass is 32.2. The molecule has 34 heavy (non-hydrogen) atoms. The first-order chi connectivity index (χ1) is 16.6. The summed E-state index contributed by atoms with van der Waals surface area (Å²) in [5, 5.41) is 5.41. The predicted molar refractivity (Wildman–Crippen MR) is 134 cm³/mol. The second kappa shape index (κ2) is 10.9. The van der Waals surface area contributed by atoms with Crippen LogP contribution in [0.4, 0.5) is 5.69 Å². The molecule has 1 atom stereocenters. The van der Waals surface area contributed by atoms with Crippen LogP contribution in [-0.4, -0.2) is 28.3 Å². The zero-order chi connectivity index (χ0) is 24.1. The summed E-state index contributed by atoms with van der Waals surface area (Å²) in [6.45, 7) is 6.13. The van der Waals surface area contributed by atoms with Gasteiger partial charge in [0.15, 0.2) is 0 Å². The van der Waals surface area contributed by atoms with Gasteiger partial charge in [0.05, 0.1) is 23.4 Å². The summed E-state index contributed by atoms with van der Waals surface area (Å²) in [6, 6.07) is 15.1. The lowest BCUT2D eigenvalue weighted by atomic mass is 10.0. The molecule has 1 N–H and O–H groups in total. The van der Waals surface area contributed by atoms with Crippen molar-refractivity contribution in [3.8, 4) is 17.0 Å². The van der Waals surface area contributed by atoms with Crippen LogP contribution in [-0.2, 0) is 4.79 Å². The summed E-state index contributed by atoms with van der Waals surface area (Å²) in [4.78, 5) is 31.1. The second-order valence-corrected chi connectivity index (χ2v) is 9.30. The molecular formula is C26H31N4O3S+. The second-order valence-electron chi connectivity index (χ2n) is 8.21. The fourth-order valence-corrected chi connectivity index (χ4v) is 5.19. The number of fused-ring (bicyclic) bond motifs is 3. The Morgan fingerprint density at radius 1 is 1.12 bits per heavy atom. The minimum absolute atomic E-state index is 0.141. The molecule has 8 heteroatoms. The van der Waals surface area contributed by atoms with Crippen LogP contribution in [0.2, 0.25) is 0 Å². The SMILES string of the molecule is CCCCCCSc1n[n+]2c(c(=O)[nH]1)-c1ccccc1N(C(C)=O)[C@H]2c1ccccc1OCC. The Bertz CT molecular complexity index is 1230. The standard InChI is InChI=1S/C26H30N4O3S/c1-4-6-7-12-17-34-26-27-24(32)23-19-13-8-10-15-21(19)29(18(3)31)25(30(23)28-26)20-14-9-11-16-22(20)33-5-2/h8-11,13-16,25H,4-7,12,17H2,1-3H3/p+1/t25-/m1/s1. The molecule has 178 valence electrons. The van der Waals surface area contributed by atoms with Crippen LogP contribution in [0.5, 0.6) is 5.75 Å². The fraction of sp³-hybridized carbons (Fsp3) is 0.385. The number of thioether (sulfide) groups is 1. The minimum Gasteiger partial charge on any atom is -0.493 e. The topological polar surface area (TPSA) is 79.2 Å². The molecule has 0 unspecified atom stereocenters. The molecule has 0 saturated carbocycles. The van der Waals surface area contributed by atoms with E-state index in [0.717, 1.165) is 24.2 Å². The van der Waals surface area contributed by atoms with Crippen molar-refractivity contribution in [1.29, 1.82) is 0 Å². The smallest absolute Gasteiger partial charge is 0.325 e. The molecule has 2 heterocycles.